The van der Waals surface area contributed by atoms with Crippen LogP contribution >= 0.6 is 11.8 Å². The highest BCUT2D eigenvalue weighted by Gasteiger charge is 2.38. The van der Waals surface area contributed by atoms with Gasteiger partial charge in [0.2, 0.25) is 0 Å². The number of anilines is 3. The third-order valence-corrected chi connectivity index (χ3v) is 5.93. The molecule has 0 bridgehead atoms. The van der Waals surface area contributed by atoms with Gasteiger partial charge in [-0.1, -0.05) is 18.2 Å². The lowest BCUT2D eigenvalue weighted by Gasteiger charge is -2.27. The Labute approximate surface area is 192 Å². The fourth-order valence-corrected chi connectivity index (χ4v) is 4.29. The Balaban J connectivity index is 1.72. The zero-order valence-corrected chi connectivity index (χ0v) is 18.3. The Bertz CT molecular complexity index is 1170. The van der Waals surface area contributed by atoms with Gasteiger partial charge in [0.25, 0.3) is 0 Å². The summed E-state index contributed by atoms with van der Waals surface area (Å²) < 4.78 is 40.9. The Kier molecular flexibility index (Phi) is 6.28. The number of nitrogens with zero attached hydrogens (tertiary/aromatic N) is 3. The molecule has 1 aromatic heterocycles. The number of benzene rings is 2. The Hall–Kier alpha value is -3.53. The van der Waals surface area contributed by atoms with Crippen LogP contribution in [0.1, 0.15) is 11.1 Å². The molecule has 1 aliphatic heterocycles. The number of amides is 4. The number of nitrogens with one attached hydrogen (secondary N) is 1. The summed E-state index contributed by atoms with van der Waals surface area (Å²) in [5.41, 5.74) is 0.636. The number of fused-ring (bicyclic) bond motifs is 1. The summed E-state index contributed by atoms with van der Waals surface area (Å²) in [5, 5.41) is 2.62. The molecule has 0 spiro atoms. The minimum absolute atomic E-state index is 0.102. The number of aromatic nitrogens is 1. The molecule has 0 unspecified atom stereocenters. The van der Waals surface area contributed by atoms with Gasteiger partial charge in [0.15, 0.2) is 0 Å². The molecule has 170 valence electrons. The summed E-state index contributed by atoms with van der Waals surface area (Å²) in [6.45, 7) is 0.160. The van der Waals surface area contributed by atoms with Gasteiger partial charge in [0.05, 0.1) is 23.1 Å². The average molecular weight is 472 g/mol. The van der Waals surface area contributed by atoms with E-state index in [4.69, 9.17) is 0 Å². The van der Waals surface area contributed by atoms with Crippen LogP contribution in [0.3, 0.4) is 0 Å². The molecular weight excluding hydrogens is 453 g/mol. The highest BCUT2D eigenvalue weighted by Crippen LogP contribution is 2.42. The van der Waals surface area contributed by atoms with Crippen molar-refractivity contribution in [2.45, 2.75) is 17.5 Å². The summed E-state index contributed by atoms with van der Waals surface area (Å²) in [6.07, 6.45) is 0.365. The largest absolute Gasteiger partial charge is 0.417 e. The lowest BCUT2D eigenvalue weighted by molar-refractivity contribution is -0.139. The molecule has 6 nitrogen and oxygen atoms in total. The Morgan fingerprint density at radius 2 is 1.88 bits per heavy atom. The number of hydrogen-bond donors (Lipinski definition) is 1. The van der Waals surface area contributed by atoms with Crippen molar-refractivity contribution in [3.63, 3.8) is 0 Å². The maximum absolute atomic E-state index is 13.6. The molecular formula is C23H19F3N4O2S. The average Bonchev–Trinajstić information content (AvgIpc) is 3.22. The first kappa shape index (κ1) is 22.7. The highest BCUT2D eigenvalue weighted by molar-refractivity contribution is 7.98. The van der Waals surface area contributed by atoms with Crippen molar-refractivity contribution in [3.8, 4) is 0 Å². The highest BCUT2D eigenvalue weighted by atomic mass is 32.2. The molecule has 1 aliphatic rings. The first-order valence-electron chi connectivity index (χ1n) is 9.95. The second-order valence-electron chi connectivity index (χ2n) is 7.21. The lowest BCUT2D eigenvalue weighted by Crippen LogP contribution is -2.48. The molecule has 33 heavy (non-hydrogen) atoms. The van der Waals surface area contributed by atoms with Crippen LogP contribution in [0.15, 0.2) is 71.9 Å². The van der Waals surface area contributed by atoms with Crippen molar-refractivity contribution >= 4 is 40.9 Å². The number of hydrogen-bond acceptors (Lipinski definition) is 4. The second kappa shape index (κ2) is 9.14. The zero-order chi connectivity index (χ0) is 23.6. The van der Waals surface area contributed by atoms with Crippen LogP contribution in [0.4, 0.5) is 39.8 Å². The van der Waals surface area contributed by atoms with Crippen LogP contribution in [0, 0.1) is 0 Å². The van der Waals surface area contributed by atoms with E-state index in [1.54, 1.807) is 48.7 Å². The number of rotatable bonds is 3. The van der Waals surface area contributed by atoms with E-state index in [-0.39, 0.29) is 22.8 Å². The number of urea groups is 2. The van der Waals surface area contributed by atoms with Crippen LogP contribution in [-0.2, 0) is 12.6 Å². The molecule has 0 saturated carbocycles. The molecule has 0 atom stereocenters. The number of carbonyl (C=O) groups is 2. The normalized spacial score (nSPS) is 12.9. The van der Waals surface area contributed by atoms with Crippen molar-refractivity contribution < 1.29 is 22.8 Å². The van der Waals surface area contributed by atoms with E-state index in [1.807, 2.05) is 0 Å². The van der Waals surface area contributed by atoms with Crippen LogP contribution in [0.25, 0.3) is 0 Å². The molecule has 4 rings (SSSR count). The van der Waals surface area contributed by atoms with Gasteiger partial charge >= 0.3 is 18.2 Å². The predicted molar refractivity (Wildman–Crippen MR) is 122 cm³/mol. The third kappa shape index (κ3) is 4.65. The molecule has 10 heteroatoms. The molecule has 0 fully saturated rings. The van der Waals surface area contributed by atoms with Gasteiger partial charge in [-0.3, -0.25) is 9.88 Å². The smallest absolute Gasteiger partial charge is 0.306 e. The summed E-state index contributed by atoms with van der Waals surface area (Å²) in [4.78, 5) is 32.8. The first-order valence-corrected chi connectivity index (χ1v) is 11.2. The molecule has 2 heterocycles. The summed E-state index contributed by atoms with van der Waals surface area (Å²) in [5.74, 6) is 0. The molecule has 3 aromatic rings. The van der Waals surface area contributed by atoms with Crippen LogP contribution in [0.2, 0.25) is 0 Å². The van der Waals surface area contributed by atoms with Gasteiger partial charge < -0.3 is 5.32 Å². The first-order chi connectivity index (χ1) is 15.8. The number of carbonyl (C=O) groups excluding carboxylic acids is 2. The molecule has 0 aliphatic carbocycles. The number of thioether (sulfide) groups is 1. The SMILES string of the molecule is CSc1cc2c(cc1C(F)(F)F)N(C(=O)N(C(=O)Nc1cccnc1)c1ccccc1)CC2. The number of pyridine rings is 1. The van der Waals surface area contributed by atoms with E-state index in [0.29, 0.717) is 17.7 Å². The van der Waals surface area contributed by atoms with Gasteiger partial charge in [-0.2, -0.15) is 13.2 Å². The van der Waals surface area contributed by atoms with Gasteiger partial charge in [0.1, 0.15) is 0 Å². The number of halogens is 3. The van der Waals surface area contributed by atoms with E-state index in [9.17, 15) is 22.8 Å². The predicted octanol–water partition coefficient (Wildman–Crippen LogP) is 6.04. The van der Waals surface area contributed by atoms with Gasteiger partial charge in [-0.05, 0) is 54.6 Å². The van der Waals surface area contributed by atoms with Crippen molar-refractivity contribution in [2.24, 2.45) is 0 Å². The number of alkyl halides is 3. The summed E-state index contributed by atoms with van der Waals surface area (Å²) >= 11 is 1.00. The summed E-state index contributed by atoms with van der Waals surface area (Å²) in [6, 6.07) is 12.4. The van der Waals surface area contributed by atoms with Crippen LogP contribution in [0.5, 0.6) is 0 Å². The van der Waals surface area contributed by atoms with Crippen molar-refractivity contribution in [3.05, 3.63) is 78.1 Å². The quantitative estimate of drug-likeness (QED) is 0.472. The molecule has 4 amide bonds. The fraction of sp³-hybridized carbons (Fsp3) is 0.174. The maximum Gasteiger partial charge on any atom is 0.417 e. The minimum Gasteiger partial charge on any atom is -0.306 e. The van der Waals surface area contributed by atoms with E-state index in [0.717, 1.165) is 22.7 Å². The molecule has 1 N–H and O–H groups in total. The topological polar surface area (TPSA) is 65.5 Å². The van der Waals surface area contributed by atoms with Crippen LogP contribution < -0.4 is 15.1 Å². The summed E-state index contributed by atoms with van der Waals surface area (Å²) in [7, 11) is 0. The van der Waals surface area contributed by atoms with E-state index in [1.165, 1.54) is 23.4 Å². The third-order valence-electron chi connectivity index (χ3n) is 5.15. The van der Waals surface area contributed by atoms with E-state index >= 15 is 0 Å². The van der Waals surface area contributed by atoms with Crippen molar-refractivity contribution in [1.29, 1.82) is 0 Å². The molecule has 2 aromatic carbocycles. The lowest BCUT2D eigenvalue weighted by atomic mass is 10.1. The number of imide groups is 1. The Morgan fingerprint density at radius 3 is 2.52 bits per heavy atom. The van der Waals surface area contributed by atoms with Crippen molar-refractivity contribution in [1.82, 2.24) is 4.98 Å². The Morgan fingerprint density at radius 1 is 1.12 bits per heavy atom. The fourth-order valence-electron chi connectivity index (χ4n) is 3.63. The van der Waals surface area contributed by atoms with E-state index in [2.05, 4.69) is 10.3 Å². The standard InChI is InChI=1S/C23H19F3N4O2S/c1-33-20-12-15-9-11-29(19(15)13-18(20)23(24,25)26)22(32)30(17-7-3-2-4-8-17)21(31)28-16-6-5-10-27-14-16/h2-8,10,12-14H,9,11H2,1H3,(H,28,31). The monoisotopic (exact) mass is 472 g/mol. The molecule has 0 radical (unpaired) electrons. The van der Waals surface area contributed by atoms with Gasteiger partial charge in [-0.15, -0.1) is 11.8 Å². The second-order valence-corrected chi connectivity index (χ2v) is 8.05. The minimum atomic E-state index is -4.57. The molecule has 0 saturated heterocycles. The van der Waals surface area contributed by atoms with E-state index < -0.39 is 23.8 Å². The van der Waals surface area contributed by atoms with Gasteiger partial charge in [0, 0.05) is 23.3 Å². The van der Waals surface area contributed by atoms with Crippen molar-refractivity contribution in [2.75, 3.05) is 27.9 Å². The maximum atomic E-state index is 13.6. The van der Waals surface area contributed by atoms with Crippen LogP contribution in [-0.4, -0.2) is 29.8 Å². The zero-order valence-electron chi connectivity index (χ0n) is 17.5. The number of para-hydroxylation sites is 1. The van der Waals surface area contributed by atoms with Gasteiger partial charge in [-0.25, -0.2) is 14.5 Å².